The van der Waals surface area contributed by atoms with Gasteiger partial charge in [0.2, 0.25) is 0 Å². The number of carbonyl (C=O) groups is 1. The quantitative estimate of drug-likeness (QED) is 0.616. The molecule has 3 rings (SSSR count). The Morgan fingerprint density at radius 1 is 1.11 bits per heavy atom. The number of hydrogen-bond donors (Lipinski definition) is 2. The summed E-state index contributed by atoms with van der Waals surface area (Å²) in [6, 6.07) is 16.4. The van der Waals surface area contributed by atoms with E-state index in [9.17, 15) is 9.90 Å². The fraction of sp³-hybridized carbons (Fsp3) is 0.227. The molecule has 0 saturated carbocycles. The summed E-state index contributed by atoms with van der Waals surface area (Å²) in [6.07, 6.45) is 0.954. The van der Waals surface area contributed by atoms with Crippen LogP contribution < -0.4 is 14.8 Å². The zero-order valence-corrected chi connectivity index (χ0v) is 15.9. The van der Waals surface area contributed by atoms with Gasteiger partial charge in [-0.2, -0.15) is 0 Å². The number of benzene rings is 2. The smallest absolute Gasteiger partial charge is 0.262 e. The summed E-state index contributed by atoms with van der Waals surface area (Å²) in [5, 5.41) is 12.0. The van der Waals surface area contributed by atoms with Gasteiger partial charge in [-0.3, -0.25) is 4.79 Å². The lowest BCUT2D eigenvalue weighted by Gasteiger charge is -2.11. The maximum Gasteiger partial charge on any atom is 0.262 e. The highest BCUT2D eigenvalue weighted by Gasteiger charge is 2.13. The zero-order valence-electron chi connectivity index (χ0n) is 15.9. The number of furan rings is 1. The van der Waals surface area contributed by atoms with Crippen LogP contribution in [0, 0.1) is 0 Å². The molecule has 0 unspecified atom stereocenters. The number of amides is 1. The summed E-state index contributed by atoms with van der Waals surface area (Å²) < 4.78 is 16.5. The van der Waals surface area contributed by atoms with Crippen LogP contribution in [0.2, 0.25) is 0 Å². The van der Waals surface area contributed by atoms with E-state index >= 15 is 0 Å². The monoisotopic (exact) mass is 381 g/mol. The predicted molar refractivity (Wildman–Crippen MR) is 107 cm³/mol. The number of ether oxygens (including phenoxy) is 2. The van der Waals surface area contributed by atoms with E-state index in [1.54, 1.807) is 37.4 Å². The van der Waals surface area contributed by atoms with Crippen molar-refractivity contribution >= 4 is 11.6 Å². The normalized spacial score (nSPS) is 10.5. The third kappa shape index (κ3) is 4.72. The van der Waals surface area contributed by atoms with Gasteiger partial charge in [0.15, 0.2) is 6.61 Å². The number of rotatable bonds is 8. The van der Waals surface area contributed by atoms with Crippen LogP contribution >= 0.6 is 0 Å². The minimum Gasteiger partial charge on any atom is -0.496 e. The van der Waals surface area contributed by atoms with E-state index in [-0.39, 0.29) is 19.1 Å². The van der Waals surface area contributed by atoms with Gasteiger partial charge < -0.3 is 24.3 Å². The van der Waals surface area contributed by atoms with E-state index in [2.05, 4.69) is 12.2 Å². The molecule has 6 nitrogen and oxygen atoms in total. The molecule has 2 N–H and O–H groups in total. The highest BCUT2D eigenvalue weighted by molar-refractivity contribution is 5.92. The Labute approximate surface area is 163 Å². The fourth-order valence-corrected chi connectivity index (χ4v) is 2.75. The third-order valence-corrected chi connectivity index (χ3v) is 4.27. The molecule has 146 valence electrons. The van der Waals surface area contributed by atoms with Crippen LogP contribution in [0.1, 0.15) is 18.2 Å². The number of aliphatic hydroxyl groups is 1. The second-order valence-corrected chi connectivity index (χ2v) is 6.17. The second-order valence-electron chi connectivity index (χ2n) is 6.17. The molecule has 3 aromatic rings. The fourth-order valence-electron chi connectivity index (χ4n) is 2.75. The molecule has 0 aliphatic rings. The van der Waals surface area contributed by atoms with Gasteiger partial charge in [0.25, 0.3) is 5.91 Å². The maximum absolute atomic E-state index is 12.2. The number of carbonyl (C=O) groups excluding carboxylic acids is 1. The molecule has 0 bridgehead atoms. The van der Waals surface area contributed by atoms with Crippen molar-refractivity contribution in [1.82, 2.24) is 0 Å². The molecule has 6 heteroatoms. The molecule has 2 aromatic carbocycles. The summed E-state index contributed by atoms with van der Waals surface area (Å²) in [6.45, 7) is 1.80. The van der Waals surface area contributed by atoms with Crippen LogP contribution in [0.25, 0.3) is 11.3 Å². The van der Waals surface area contributed by atoms with Crippen molar-refractivity contribution in [2.24, 2.45) is 0 Å². The van der Waals surface area contributed by atoms with Gasteiger partial charge in [0.1, 0.15) is 29.6 Å². The van der Waals surface area contributed by atoms with Crippen molar-refractivity contribution in [1.29, 1.82) is 0 Å². The number of methoxy groups -OCH3 is 1. The SMILES string of the molecule is CCc1ccc(OCC(=O)Nc2ccc(OC)c(-c3ccc(CO)o3)c2)cc1. The van der Waals surface area contributed by atoms with Crippen molar-refractivity contribution < 1.29 is 23.8 Å². The lowest BCUT2D eigenvalue weighted by atomic mass is 10.1. The molecule has 1 aromatic heterocycles. The summed E-state index contributed by atoms with van der Waals surface area (Å²) >= 11 is 0. The Morgan fingerprint density at radius 3 is 2.54 bits per heavy atom. The van der Waals surface area contributed by atoms with Crippen LogP contribution in [0.15, 0.2) is 59.0 Å². The van der Waals surface area contributed by atoms with E-state index in [1.165, 1.54) is 5.56 Å². The Bertz CT molecular complexity index is 930. The second kappa shape index (κ2) is 9.10. The van der Waals surface area contributed by atoms with Crippen molar-refractivity contribution in [3.8, 4) is 22.8 Å². The van der Waals surface area contributed by atoms with Gasteiger partial charge in [-0.25, -0.2) is 0 Å². The Morgan fingerprint density at radius 2 is 1.89 bits per heavy atom. The lowest BCUT2D eigenvalue weighted by Crippen LogP contribution is -2.20. The van der Waals surface area contributed by atoms with Gasteiger partial charge in [0, 0.05) is 5.69 Å². The first-order valence-electron chi connectivity index (χ1n) is 9.02. The summed E-state index contributed by atoms with van der Waals surface area (Å²) in [7, 11) is 1.56. The molecule has 0 aliphatic carbocycles. The van der Waals surface area contributed by atoms with E-state index in [4.69, 9.17) is 13.9 Å². The number of aryl methyl sites for hydroxylation is 1. The first-order valence-corrected chi connectivity index (χ1v) is 9.02. The van der Waals surface area contributed by atoms with Crippen LogP contribution in [0.4, 0.5) is 5.69 Å². The van der Waals surface area contributed by atoms with Crippen LogP contribution in [0.5, 0.6) is 11.5 Å². The predicted octanol–water partition coefficient (Wildman–Crippen LogP) is 4.03. The molecule has 28 heavy (non-hydrogen) atoms. The lowest BCUT2D eigenvalue weighted by molar-refractivity contribution is -0.118. The molecule has 0 saturated heterocycles. The Hall–Kier alpha value is -3.25. The number of hydrogen-bond acceptors (Lipinski definition) is 5. The van der Waals surface area contributed by atoms with E-state index in [0.717, 1.165) is 6.42 Å². The largest absolute Gasteiger partial charge is 0.496 e. The number of nitrogens with one attached hydrogen (secondary N) is 1. The van der Waals surface area contributed by atoms with Crippen molar-refractivity contribution in [2.75, 3.05) is 19.0 Å². The average Bonchev–Trinajstić information content (AvgIpc) is 3.22. The van der Waals surface area contributed by atoms with E-state index in [1.807, 2.05) is 24.3 Å². The van der Waals surface area contributed by atoms with Crippen LogP contribution in [-0.4, -0.2) is 24.7 Å². The maximum atomic E-state index is 12.2. The zero-order chi connectivity index (χ0) is 19.9. The van der Waals surface area contributed by atoms with Gasteiger partial charge in [-0.15, -0.1) is 0 Å². The van der Waals surface area contributed by atoms with Gasteiger partial charge in [-0.1, -0.05) is 19.1 Å². The number of anilines is 1. The minimum atomic E-state index is -0.272. The highest BCUT2D eigenvalue weighted by atomic mass is 16.5. The van der Waals surface area contributed by atoms with Gasteiger partial charge in [-0.05, 0) is 54.4 Å². The summed E-state index contributed by atoms with van der Waals surface area (Å²) in [4.78, 5) is 12.2. The van der Waals surface area contributed by atoms with Crippen LogP contribution in [0.3, 0.4) is 0 Å². The molecule has 0 radical (unpaired) electrons. The minimum absolute atomic E-state index is 0.0950. The van der Waals surface area contributed by atoms with Gasteiger partial charge >= 0.3 is 0 Å². The molecule has 1 amide bonds. The van der Waals surface area contributed by atoms with Crippen molar-refractivity contribution in [2.45, 2.75) is 20.0 Å². The molecule has 0 atom stereocenters. The van der Waals surface area contributed by atoms with E-state index in [0.29, 0.717) is 34.3 Å². The average molecular weight is 381 g/mol. The topological polar surface area (TPSA) is 80.9 Å². The summed E-state index contributed by atoms with van der Waals surface area (Å²) in [5.41, 5.74) is 2.48. The molecular formula is C22H23NO5. The third-order valence-electron chi connectivity index (χ3n) is 4.27. The van der Waals surface area contributed by atoms with Crippen LogP contribution in [-0.2, 0) is 17.8 Å². The molecular weight excluding hydrogens is 358 g/mol. The first kappa shape index (κ1) is 19.5. The van der Waals surface area contributed by atoms with Crippen molar-refractivity contribution in [3.05, 3.63) is 65.9 Å². The van der Waals surface area contributed by atoms with Gasteiger partial charge in [0.05, 0.1) is 12.7 Å². The van der Waals surface area contributed by atoms with Crippen molar-refractivity contribution in [3.63, 3.8) is 0 Å². The molecule has 0 fully saturated rings. The highest BCUT2D eigenvalue weighted by Crippen LogP contribution is 2.33. The first-order chi connectivity index (χ1) is 13.6. The standard InChI is InChI=1S/C22H23NO5/c1-3-15-4-7-17(8-5-15)27-14-22(25)23-16-6-10-20(26-2)19(12-16)21-11-9-18(13-24)28-21/h4-12,24H,3,13-14H2,1-2H3,(H,23,25). The molecule has 0 aliphatic heterocycles. The van der Waals surface area contributed by atoms with E-state index < -0.39 is 0 Å². The molecule has 1 heterocycles. The Balaban J connectivity index is 1.67. The molecule has 0 spiro atoms. The Kier molecular flexibility index (Phi) is 6.34. The number of aliphatic hydroxyl groups excluding tert-OH is 1. The summed E-state index contributed by atoms with van der Waals surface area (Å²) in [5.74, 6) is 1.98.